The largest absolute Gasteiger partial charge is 0.394 e. The maximum Gasteiger partial charge on any atom is 0.246 e. The molecule has 1 aromatic carbocycles. The molecule has 0 bridgehead atoms. The van der Waals surface area contributed by atoms with Crippen molar-refractivity contribution in [3.63, 3.8) is 0 Å². The molecule has 113 heavy (non-hydrogen) atoms. The van der Waals surface area contributed by atoms with Crippen LogP contribution in [0.25, 0.3) is 10.9 Å². The number of amides is 18. The van der Waals surface area contributed by atoms with Gasteiger partial charge in [0.05, 0.1) is 12.6 Å². The molecule has 1 aromatic heterocycles. The number of hydrogen-bond acceptors (Lipinski definition) is 19. The number of benzene rings is 1. The zero-order valence-corrected chi connectivity index (χ0v) is 68.7. The number of primary amides is 3. The summed E-state index contributed by atoms with van der Waals surface area (Å²) >= 11 is 0. The average Bonchev–Trinajstić information content (AvgIpc) is 1.52. The number of aliphatic hydroxyl groups is 1. The molecule has 0 aliphatic heterocycles. The molecule has 0 saturated heterocycles. The fraction of sp³-hybridized carbons (Fsp3) is 0.653. The molecule has 2 aromatic rings. The Hall–Kier alpha value is -10.8. The van der Waals surface area contributed by atoms with Gasteiger partial charge < -0.3 is 107 Å². The van der Waals surface area contributed by atoms with E-state index in [0.29, 0.717) is 6.42 Å². The third-order valence-electron chi connectivity index (χ3n) is 18.0. The van der Waals surface area contributed by atoms with Gasteiger partial charge in [0.25, 0.3) is 0 Å². The second kappa shape index (κ2) is 43.3. The van der Waals surface area contributed by atoms with Gasteiger partial charge in [-0.15, -0.1) is 0 Å². The Kier molecular flexibility index (Phi) is 37.6. The van der Waals surface area contributed by atoms with Crippen LogP contribution in [-0.4, -0.2) is 211 Å². The van der Waals surface area contributed by atoms with E-state index in [4.69, 9.17) is 17.2 Å². The van der Waals surface area contributed by atoms with Crippen LogP contribution in [0.5, 0.6) is 0 Å². The summed E-state index contributed by atoms with van der Waals surface area (Å²) in [5.74, 6) is -16.0. The predicted octanol–water partition coefficient (Wildman–Crippen LogP) is -2.96. The SMILES string of the molecule is CC(=O)NC(Cc1c[nH]c2ccccc12)C(=O)NC(C)C(=O)NC(C)(C)C(=O)NC(C)(C)C(=O)NC(CC(C)C)C(=O)NC(C)(C)C(=O)NC(CCC(N)=O)C(=O)NC(C)(C)C(=O)NC(C)C(=O)NC(C)C(=O)NC(CCC(N)=O)C(=O)NC(CC(C)C)C(=O)NC(C)(C)C(=O)NC(CCC(N)=O)C(=O)NC(CO)CC(C)C. The predicted molar refractivity (Wildman–Crippen MR) is 416 cm³/mol. The number of aliphatic hydroxyl groups excluding tert-OH is 1. The van der Waals surface area contributed by atoms with E-state index in [9.17, 15) is 91.4 Å². The number of nitrogens with two attached hydrogens (primary N) is 3. The van der Waals surface area contributed by atoms with Crippen molar-refractivity contribution < 1.29 is 91.4 Å². The molecule has 0 saturated carbocycles. The molecule has 38 nitrogen and oxygen atoms in total. The van der Waals surface area contributed by atoms with Crippen LogP contribution in [0.2, 0.25) is 0 Å². The van der Waals surface area contributed by atoms with Crippen LogP contribution in [-0.2, 0) is 92.7 Å². The Labute approximate surface area is 659 Å². The molecule has 0 fully saturated rings. The average molecular weight is 1590 g/mol. The number of carbonyl (C=O) groups excluding carboxylic acids is 18. The van der Waals surface area contributed by atoms with E-state index in [-0.39, 0.29) is 49.9 Å². The highest BCUT2D eigenvalue weighted by atomic mass is 16.3. The summed E-state index contributed by atoms with van der Waals surface area (Å²) in [5.41, 5.74) is 8.67. The van der Waals surface area contributed by atoms with Crippen LogP contribution in [0.15, 0.2) is 30.5 Å². The number of aromatic nitrogens is 1. The van der Waals surface area contributed by atoms with E-state index in [1.54, 1.807) is 33.9 Å². The van der Waals surface area contributed by atoms with E-state index < -0.39 is 227 Å². The molecular weight excluding hydrogens is 1470 g/mol. The van der Waals surface area contributed by atoms with E-state index in [0.717, 1.165) is 16.5 Å². The molecule has 0 aliphatic carbocycles. The topological polar surface area (TPSA) is 602 Å². The highest BCUT2D eigenvalue weighted by Gasteiger charge is 2.43. The van der Waals surface area contributed by atoms with Gasteiger partial charge in [0.2, 0.25) is 106 Å². The van der Waals surface area contributed by atoms with Crippen molar-refractivity contribution in [1.82, 2.24) is 84.7 Å². The maximum atomic E-state index is 14.2. The number of H-pyrrole nitrogens is 1. The van der Waals surface area contributed by atoms with Crippen molar-refractivity contribution in [2.45, 2.75) is 291 Å². The summed E-state index contributed by atoms with van der Waals surface area (Å²) in [6, 6.07) is -5.81. The molecule has 18 amide bonds. The molecule has 0 radical (unpaired) electrons. The third-order valence-corrected chi connectivity index (χ3v) is 18.0. The number of para-hydroxylation sites is 1. The van der Waals surface area contributed by atoms with Crippen molar-refractivity contribution in [3.05, 3.63) is 36.0 Å². The number of aromatic amines is 1. The van der Waals surface area contributed by atoms with Gasteiger partial charge in [-0.25, -0.2) is 0 Å². The van der Waals surface area contributed by atoms with E-state index >= 15 is 0 Å². The summed E-state index contributed by atoms with van der Waals surface area (Å²) in [6.45, 7) is 28.4. The van der Waals surface area contributed by atoms with Gasteiger partial charge in [-0.2, -0.15) is 0 Å². The van der Waals surface area contributed by atoms with E-state index in [2.05, 4.69) is 84.7 Å². The number of fused-ring (bicyclic) bond motifs is 1. The zero-order valence-electron chi connectivity index (χ0n) is 68.7. The number of rotatable bonds is 47. The fourth-order valence-corrected chi connectivity index (χ4v) is 11.2. The van der Waals surface area contributed by atoms with Crippen LogP contribution in [0.4, 0.5) is 0 Å². The minimum Gasteiger partial charge on any atom is -0.394 e. The van der Waals surface area contributed by atoms with Crippen LogP contribution in [0, 0.1) is 17.8 Å². The van der Waals surface area contributed by atoms with E-state index in [1.807, 2.05) is 38.1 Å². The van der Waals surface area contributed by atoms with Gasteiger partial charge in [0.1, 0.15) is 82.1 Å². The lowest BCUT2D eigenvalue weighted by Crippen LogP contribution is -2.66. The van der Waals surface area contributed by atoms with Gasteiger partial charge >= 0.3 is 0 Å². The van der Waals surface area contributed by atoms with Crippen molar-refractivity contribution in [2.75, 3.05) is 6.61 Å². The highest BCUT2D eigenvalue weighted by molar-refractivity contribution is 6.03. The summed E-state index contributed by atoms with van der Waals surface area (Å²) in [7, 11) is 0. The molecule has 0 spiro atoms. The minimum atomic E-state index is -1.91. The summed E-state index contributed by atoms with van der Waals surface area (Å²) in [5, 5.41) is 48.8. The lowest BCUT2D eigenvalue weighted by molar-refractivity contribution is -0.140. The van der Waals surface area contributed by atoms with Crippen molar-refractivity contribution >= 4 is 117 Å². The zero-order chi connectivity index (χ0) is 86.8. The Balaban J connectivity index is 2.20. The lowest BCUT2D eigenvalue weighted by Gasteiger charge is -2.34. The molecule has 2 rings (SSSR count). The van der Waals surface area contributed by atoms with Gasteiger partial charge in [-0.1, -0.05) is 59.7 Å². The second-order valence-electron chi connectivity index (χ2n) is 32.5. The molecule has 0 aliphatic rings. The van der Waals surface area contributed by atoms with Gasteiger partial charge in [-0.05, 0) is 158 Å². The molecular formula is C75H123N19O19. The first-order chi connectivity index (χ1) is 51.9. The first-order valence-electron chi connectivity index (χ1n) is 37.6. The Morgan fingerprint density at radius 2 is 0.690 bits per heavy atom. The molecule has 38 heteroatoms. The number of nitrogens with one attached hydrogen (secondary N) is 16. The minimum absolute atomic E-state index is 0.00739. The Morgan fingerprint density at radius 3 is 1.13 bits per heavy atom. The molecule has 1 heterocycles. The molecule has 23 N–H and O–H groups in total. The molecule has 632 valence electrons. The smallest absolute Gasteiger partial charge is 0.246 e. The monoisotopic (exact) mass is 1590 g/mol. The first-order valence-corrected chi connectivity index (χ1v) is 37.6. The van der Waals surface area contributed by atoms with Crippen molar-refractivity contribution in [3.8, 4) is 0 Å². The van der Waals surface area contributed by atoms with Crippen molar-refractivity contribution in [2.24, 2.45) is 35.0 Å². The van der Waals surface area contributed by atoms with Gasteiger partial charge in [-0.3, -0.25) is 86.3 Å². The Morgan fingerprint density at radius 1 is 0.363 bits per heavy atom. The van der Waals surface area contributed by atoms with Crippen LogP contribution < -0.4 is 97.0 Å². The quantitative estimate of drug-likeness (QED) is 0.0315. The van der Waals surface area contributed by atoms with Gasteiger partial charge in [0.15, 0.2) is 0 Å². The summed E-state index contributed by atoms with van der Waals surface area (Å²) in [6.07, 6.45) is -0.143. The molecule has 10 atom stereocenters. The standard InChI is InChI=1S/C75H123N19O19/c1-37(2)31-45(36-95)84-60(103)49(26-29-55(77)98)87-67(110)72(13,14)92-64(107)51(32-38(3)4)86-61(104)48(25-28-54(76)97)85-58(101)40(7)80-57(100)41(8)82-66(109)71(11,12)91-63(106)50(27-30-56(78)99)88-68(111)73(15,16)93-65(108)52(33-39(5)6)89-69(112)74(17,18)94-70(113)75(19,20)90-59(102)42(9)81-62(105)53(83-43(10)96)34-44-35-79-47-24-22-21-23-46(44)47/h21-24,35,37-42,45,48-53,79,95H,25-34,36H2,1-20H3,(H2,76,97)(H2,77,98)(H2,78,99)(H,80,100)(H,81,105)(H,82,109)(H,83,96)(H,84,103)(H,85,101)(H,86,104)(H,87,110)(H,88,111)(H,89,112)(H,90,102)(H,91,106)(H,92,107)(H,93,108)(H,94,113). The number of carbonyl (C=O) groups is 18. The van der Waals surface area contributed by atoms with Gasteiger partial charge in [0, 0.05) is 49.7 Å². The summed E-state index contributed by atoms with van der Waals surface area (Å²) < 4.78 is 0. The van der Waals surface area contributed by atoms with Crippen LogP contribution in [0.1, 0.15) is 202 Å². The first kappa shape index (κ1) is 98.3. The summed E-state index contributed by atoms with van der Waals surface area (Å²) in [4.78, 5) is 245. The molecule has 10 unspecified atom stereocenters. The lowest BCUT2D eigenvalue weighted by atomic mass is 9.96. The Bertz CT molecular complexity index is 3790. The number of hydrogen-bond donors (Lipinski definition) is 20. The van der Waals surface area contributed by atoms with E-state index in [1.165, 1.54) is 96.9 Å². The fourth-order valence-electron chi connectivity index (χ4n) is 11.2. The second-order valence-corrected chi connectivity index (χ2v) is 32.5. The highest BCUT2D eigenvalue weighted by Crippen LogP contribution is 2.21. The van der Waals surface area contributed by atoms with Crippen molar-refractivity contribution in [1.29, 1.82) is 0 Å². The normalized spacial score (nSPS) is 14.5. The third kappa shape index (κ3) is 33.2. The maximum absolute atomic E-state index is 14.2. The van der Waals surface area contributed by atoms with Crippen LogP contribution in [0.3, 0.4) is 0 Å². The van der Waals surface area contributed by atoms with Crippen LogP contribution >= 0.6 is 0 Å².